The second-order valence-electron chi connectivity index (χ2n) is 4.36. The van der Waals surface area contributed by atoms with E-state index in [4.69, 9.17) is 5.73 Å². The third-order valence-corrected chi connectivity index (χ3v) is 4.23. The van der Waals surface area contributed by atoms with Crippen molar-refractivity contribution in [2.24, 2.45) is 0 Å². The summed E-state index contributed by atoms with van der Waals surface area (Å²) in [5.74, 6) is -0.123. The van der Waals surface area contributed by atoms with Gasteiger partial charge < -0.3 is 15.7 Å². The molecule has 1 aromatic heterocycles. The molecule has 0 atom stereocenters. The molecule has 2 aromatic rings. The second kappa shape index (κ2) is 6.54. The number of amides is 1. The van der Waals surface area contributed by atoms with E-state index in [1.165, 1.54) is 21.1 Å². The number of aliphatic hydroxyl groups is 1. The summed E-state index contributed by atoms with van der Waals surface area (Å²) >= 11 is 1.48. The minimum atomic E-state index is -0.123. The first-order valence-corrected chi connectivity index (χ1v) is 7.35. The van der Waals surface area contributed by atoms with Crippen molar-refractivity contribution in [3.63, 3.8) is 0 Å². The number of aliphatic hydroxyl groups excluding tert-OH is 1. The Labute approximate surface area is 122 Å². The number of carbonyl (C=O) groups excluding carboxylic acids is 1. The fourth-order valence-corrected chi connectivity index (χ4v) is 2.88. The number of nitrogens with zero attached hydrogens (tertiary/aromatic N) is 1. The van der Waals surface area contributed by atoms with Gasteiger partial charge in [-0.25, -0.2) is 0 Å². The number of nitrogen functional groups attached to an aromatic ring is 1. The Kier molecular flexibility index (Phi) is 4.76. The Morgan fingerprint density at radius 2 is 2.05 bits per heavy atom. The maximum atomic E-state index is 12.6. The number of para-hydroxylation sites is 2. The van der Waals surface area contributed by atoms with E-state index < -0.39 is 0 Å². The van der Waals surface area contributed by atoms with Crippen molar-refractivity contribution in [1.29, 1.82) is 0 Å². The average Bonchev–Trinajstić information content (AvgIpc) is 2.94. The highest BCUT2D eigenvalue weighted by Gasteiger charge is 2.20. The Morgan fingerprint density at radius 1 is 1.30 bits per heavy atom. The van der Waals surface area contributed by atoms with Gasteiger partial charge in [0.2, 0.25) is 0 Å². The highest BCUT2D eigenvalue weighted by atomic mass is 32.1. The number of carbonyl (C=O) groups is 1. The van der Waals surface area contributed by atoms with Crippen molar-refractivity contribution in [3.8, 4) is 0 Å². The zero-order chi connectivity index (χ0) is 14.5. The first kappa shape index (κ1) is 14.6. The first-order chi connectivity index (χ1) is 9.67. The van der Waals surface area contributed by atoms with Crippen LogP contribution in [0.1, 0.15) is 21.5 Å². The van der Waals surface area contributed by atoms with Gasteiger partial charge in [-0.3, -0.25) is 4.79 Å². The topological polar surface area (TPSA) is 66.6 Å². The van der Waals surface area contributed by atoms with Gasteiger partial charge in [0.15, 0.2) is 0 Å². The van der Waals surface area contributed by atoms with Gasteiger partial charge in [-0.1, -0.05) is 19.1 Å². The normalized spacial score (nSPS) is 10.5. The zero-order valence-corrected chi connectivity index (χ0v) is 12.2. The minimum absolute atomic E-state index is 0.105. The molecule has 1 amide bonds. The number of anilines is 2. The Balaban J connectivity index is 2.33. The molecule has 0 unspecified atom stereocenters. The standard InChI is InChI=1S/C15H18N2O2S/c1-2-11-7-8-14(20-11)15(19)17(9-10-18)13-6-4-3-5-12(13)16/h3-8,18H,2,9-10,16H2,1H3. The van der Waals surface area contributed by atoms with Crippen LogP contribution in [0.3, 0.4) is 0 Å². The number of rotatable bonds is 5. The van der Waals surface area contributed by atoms with Crippen molar-refractivity contribution in [1.82, 2.24) is 0 Å². The van der Waals surface area contributed by atoms with Gasteiger partial charge in [0, 0.05) is 11.4 Å². The monoisotopic (exact) mass is 290 g/mol. The van der Waals surface area contributed by atoms with Gasteiger partial charge in [-0.05, 0) is 30.7 Å². The van der Waals surface area contributed by atoms with Crippen molar-refractivity contribution in [2.75, 3.05) is 23.8 Å². The molecule has 0 spiro atoms. The highest BCUT2D eigenvalue weighted by molar-refractivity contribution is 7.14. The predicted molar refractivity (Wildman–Crippen MR) is 83.3 cm³/mol. The summed E-state index contributed by atoms with van der Waals surface area (Å²) in [6.07, 6.45) is 0.908. The average molecular weight is 290 g/mol. The molecule has 0 fully saturated rings. The summed E-state index contributed by atoms with van der Waals surface area (Å²) in [4.78, 5) is 15.9. The molecule has 2 rings (SSSR count). The van der Waals surface area contributed by atoms with E-state index in [0.717, 1.165) is 6.42 Å². The summed E-state index contributed by atoms with van der Waals surface area (Å²) in [5.41, 5.74) is 7.09. The maximum absolute atomic E-state index is 12.6. The molecule has 0 saturated carbocycles. The van der Waals surface area contributed by atoms with Crippen LogP contribution in [0.15, 0.2) is 36.4 Å². The lowest BCUT2D eigenvalue weighted by Gasteiger charge is -2.22. The van der Waals surface area contributed by atoms with Crippen LogP contribution in [0.4, 0.5) is 11.4 Å². The van der Waals surface area contributed by atoms with Gasteiger partial charge >= 0.3 is 0 Å². The number of nitrogens with two attached hydrogens (primary N) is 1. The quantitative estimate of drug-likeness (QED) is 0.832. The molecule has 0 aliphatic rings. The van der Waals surface area contributed by atoms with Gasteiger partial charge in [0.05, 0.1) is 22.9 Å². The van der Waals surface area contributed by atoms with Crippen LogP contribution in [0, 0.1) is 0 Å². The van der Waals surface area contributed by atoms with E-state index in [1.54, 1.807) is 12.1 Å². The van der Waals surface area contributed by atoms with Crippen molar-refractivity contribution < 1.29 is 9.90 Å². The first-order valence-electron chi connectivity index (χ1n) is 6.53. The fraction of sp³-hybridized carbons (Fsp3) is 0.267. The molecule has 0 aliphatic carbocycles. The molecule has 0 saturated heterocycles. The molecular weight excluding hydrogens is 272 g/mol. The largest absolute Gasteiger partial charge is 0.397 e. The number of thiophene rings is 1. The van der Waals surface area contributed by atoms with E-state index in [9.17, 15) is 9.90 Å². The SMILES string of the molecule is CCc1ccc(C(=O)N(CCO)c2ccccc2N)s1. The van der Waals surface area contributed by atoms with Gasteiger partial charge in [-0.15, -0.1) is 11.3 Å². The number of hydrogen-bond donors (Lipinski definition) is 2. The van der Waals surface area contributed by atoms with Crippen LogP contribution in [0.25, 0.3) is 0 Å². The van der Waals surface area contributed by atoms with Gasteiger partial charge in [0.1, 0.15) is 0 Å². The summed E-state index contributed by atoms with van der Waals surface area (Å²) in [5, 5.41) is 9.20. The number of aryl methyl sites for hydroxylation is 1. The molecule has 106 valence electrons. The molecule has 3 N–H and O–H groups in total. The fourth-order valence-electron chi connectivity index (χ4n) is 1.98. The molecule has 1 aromatic carbocycles. The lowest BCUT2D eigenvalue weighted by Crippen LogP contribution is -2.33. The molecular formula is C15H18N2O2S. The molecule has 5 heteroatoms. The Bertz CT molecular complexity index is 595. The summed E-state index contributed by atoms with van der Waals surface area (Å²) in [7, 11) is 0. The second-order valence-corrected chi connectivity index (χ2v) is 5.53. The molecule has 1 heterocycles. The maximum Gasteiger partial charge on any atom is 0.268 e. The van der Waals surface area contributed by atoms with Crippen LogP contribution in [0.5, 0.6) is 0 Å². The van der Waals surface area contributed by atoms with Crippen molar-refractivity contribution >= 4 is 28.6 Å². The van der Waals surface area contributed by atoms with Crippen molar-refractivity contribution in [2.45, 2.75) is 13.3 Å². The summed E-state index contributed by atoms with van der Waals surface area (Å²) in [6, 6.07) is 11.0. The van der Waals surface area contributed by atoms with Crippen LogP contribution in [0.2, 0.25) is 0 Å². The van der Waals surface area contributed by atoms with Gasteiger partial charge in [0.25, 0.3) is 5.91 Å². The van der Waals surface area contributed by atoms with Crippen LogP contribution in [-0.2, 0) is 6.42 Å². The van der Waals surface area contributed by atoms with E-state index >= 15 is 0 Å². The van der Waals surface area contributed by atoms with E-state index in [2.05, 4.69) is 6.92 Å². The molecule has 0 aliphatic heterocycles. The summed E-state index contributed by atoms with van der Waals surface area (Å²) in [6.45, 7) is 2.18. The Hall–Kier alpha value is -1.85. The lowest BCUT2D eigenvalue weighted by atomic mass is 10.2. The molecule has 20 heavy (non-hydrogen) atoms. The smallest absolute Gasteiger partial charge is 0.268 e. The Morgan fingerprint density at radius 3 is 2.65 bits per heavy atom. The van der Waals surface area contributed by atoms with E-state index in [0.29, 0.717) is 16.3 Å². The number of benzene rings is 1. The van der Waals surface area contributed by atoms with Crippen LogP contribution >= 0.6 is 11.3 Å². The van der Waals surface area contributed by atoms with Crippen LogP contribution < -0.4 is 10.6 Å². The van der Waals surface area contributed by atoms with Gasteiger partial charge in [-0.2, -0.15) is 0 Å². The highest BCUT2D eigenvalue weighted by Crippen LogP contribution is 2.26. The van der Waals surface area contributed by atoms with Crippen molar-refractivity contribution in [3.05, 3.63) is 46.2 Å². The van der Waals surface area contributed by atoms with Crippen LogP contribution in [-0.4, -0.2) is 24.2 Å². The minimum Gasteiger partial charge on any atom is -0.397 e. The number of hydrogen-bond acceptors (Lipinski definition) is 4. The molecule has 4 nitrogen and oxygen atoms in total. The lowest BCUT2D eigenvalue weighted by molar-refractivity contribution is 0.0985. The third-order valence-electron chi connectivity index (χ3n) is 3.02. The molecule has 0 bridgehead atoms. The van der Waals surface area contributed by atoms with E-state index in [-0.39, 0.29) is 19.1 Å². The molecule has 0 radical (unpaired) electrons. The van der Waals surface area contributed by atoms with E-state index in [1.807, 2.05) is 24.3 Å². The third kappa shape index (κ3) is 3.00. The summed E-state index contributed by atoms with van der Waals surface area (Å²) < 4.78 is 0. The zero-order valence-electron chi connectivity index (χ0n) is 11.4. The predicted octanol–water partition coefficient (Wildman–Crippen LogP) is 2.53.